The molecule has 2 rings (SSSR count). The number of esters is 1. The first-order chi connectivity index (χ1) is 8.02. The van der Waals surface area contributed by atoms with E-state index in [-0.39, 0.29) is 5.57 Å². The van der Waals surface area contributed by atoms with E-state index in [0.717, 1.165) is 12.1 Å². The summed E-state index contributed by atoms with van der Waals surface area (Å²) in [6.45, 7) is -0.433. The van der Waals surface area contributed by atoms with E-state index in [4.69, 9.17) is 0 Å². The van der Waals surface area contributed by atoms with Crippen LogP contribution in [0.25, 0.3) is 0 Å². The summed E-state index contributed by atoms with van der Waals surface area (Å²) in [5.41, 5.74) is -0.956. The average molecular weight is 238 g/mol. The van der Waals surface area contributed by atoms with Gasteiger partial charge in [-0.2, -0.15) is 0 Å². The fourth-order valence-electron chi connectivity index (χ4n) is 1.46. The summed E-state index contributed by atoms with van der Waals surface area (Å²) in [7, 11) is 0. The highest BCUT2D eigenvalue weighted by Crippen LogP contribution is 2.26. The van der Waals surface area contributed by atoms with Gasteiger partial charge in [-0.25, -0.2) is 9.18 Å². The Kier molecular flexibility index (Phi) is 2.55. The number of aromatic hydroxyl groups is 1. The Morgan fingerprint density at radius 1 is 1.35 bits per heavy atom. The first-order valence-electron chi connectivity index (χ1n) is 4.63. The molecule has 1 aromatic carbocycles. The predicted molar refractivity (Wildman–Crippen MR) is 53.0 cm³/mol. The smallest absolute Gasteiger partial charge is 0.374 e. The lowest BCUT2D eigenvalue weighted by Gasteiger charge is -2.04. The van der Waals surface area contributed by atoms with Gasteiger partial charge in [0.2, 0.25) is 11.5 Å². The molecule has 0 radical (unpaired) electrons. The molecule has 0 saturated heterocycles. The summed E-state index contributed by atoms with van der Waals surface area (Å²) in [6, 6.07) is 3.35. The highest BCUT2D eigenvalue weighted by atomic mass is 19.1. The molecule has 2 N–H and O–H groups in total. The van der Waals surface area contributed by atoms with E-state index in [9.17, 15) is 24.2 Å². The largest absolute Gasteiger partial charge is 0.507 e. The summed E-state index contributed by atoms with van der Waals surface area (Å²) in [6.07, 6.45) is 0. The van der Waals surface area contributed by atoms with Gasteiger partial charge in [-0.05, 0) is 12.1 Å². The number of aliphatic hydroxyl groups excluding tert-OH is 1. The van der Waals surface area contributed by atoms with Crippen molar-refractivity contribution < 1.29 is 28.9 Å². The Hall–Kier alpha value is -2.37. The average Bonchev–Trinajstić information content (AvgIpc) is 2.59. The van der Waals surface area contributed by atoms with E-state index >= 15 is 0 Å². The molecule has 0 amide bonds. The molecule has 0 fully saturated rings. The van der Waals surface area contributed by atoms with E-state index in [0.29, 0.717) is 0 Å². The highest BCUT2D eigenvalue weighted by molar-refractivity contribution is 6.15. The standard InChI is InChI=1S/C11H7FO5/c12-6-2-1-3-7(13)8(6)9(14)5-4-17-11(16)10(5)15/h1-3,13,15H,4H2. The fourth-order valence-corrected chi connectivity index (χ4v) is 1.46. The second kappa shape index (κ2) is 3.89. The van der Waals surface area contributed by atoms with Crippen molar-refractivity contribution >= 4 is 11.8 Å². The van der Waals surface area contributed by atoms with Gasteiger partial charge < -0.3 is 14.9 Å². The number of aliphatic hydroxyl groups is 1. The zero-order valence-electron chi connectivity index (χ0n) is 8.44. The maximum absolute atomic E-state index is 13.4. The number of cyclic esters (lactones) is 1. The lowest BCUT2D eigenvalue weighted by molar-refractivity contribution is -0.138. The number of hydrogen-bond acceptors (Lipinski definition) is 5. The van der Waals surface area contributed by atoms with Crippen LogP contribution in [-0.2, 0) is 9.53 Å². The number of phenolic OH excluding ortho intramolecular Hbond substituents is 1. The maximum Gasteiger partial charge on any atom is 0.374 e. The number of Topliss-reactive ketones (excluding diaryl/α,β-unsaturated/α-hetero) is 1. The predicted octanol–water partition coefficient (Wildman–Crippen LogP) is 1.08. The van der Waals surface area contributed by atoms with Gasteiger partial charge >= 0.3 is 5.97 Å². The Bertz CT molecular complexity index is 527. The Labute approximate surface area is 94.8 Å². The van der Waals surface area contributed by atoms with Crippen LogP contribution in [0.15, 0.2) is 29.5 Å². The van der Waals surface area contributed by atoms with E-state index < -0.39 is 41.2 Å². The number of ketones is 1. The van der Waals surface area contributed by atoms with Gasteiger partial charge in [-0.15, -0.1) is 0 Å². The molecule has 0 aliphatic carbocycles. The van der Waals surface area contributed by atoms with Crippen LogP contribution in [0.4, 0.5) is 4.39 Å². The zero-order valence-corrected chi connectivity index (χ0v) is 8.44. The third kappa shape index (κ3) is 1.73. The van der Waals surface area contributed by atoms with Crippen molar-refractivity contribution in [2.75, 3.05) is 6.61 Å². The van der Waals surface area contributed by atoms with Crippen molar-refractivity contribution in [2.45, 2.75) is 0 Å². The van der Waals surface area contributed by atoms with Gasteiger partial charge in [0.25, 0.3) is 0 Å². The Morgan fingerprint density at radius 2 is 2.06 bits per heavy atom. The van der Waals surface area contributed by atoms with Crippen molar-refractivity contribution in [1.29, 1.82) is 0 Å². The van der Waals surface area contributed by atoms with Crippen LogP contribution in [0.2, 0.25) is 0 Å². The summed E-state index contributed by atoms with van der Waals surface area (Å²) < 4.78 is 17.8. The third-order valence-electron chi connectivity index (χ3n) is 2.32. The van der Waals surface area contributed by atoms with Crippen LogP contribution >= 0.6 is 0 Å². The van der Waals surface area contributed by atoms with Crippen LogP contribution in [0.5, 0.6) is 5.75 Å². The lowest BCUT2D eigenvalue weighted by Crippen LogP contribution is -2.09. The number of rotatable bonds is 2. The molecule has 0 spiro atoms. The molecule has 1 aromatic rings. The summed E-state index contributed by atoms with van der Waals surface area (Å²) in [5, 5.41) is 18.6. The monoisotopic (exact) mass is 238 g/mol. The fraction of sp³-hybridized carbons (Fsp3) is 0.0909. The van der Waals surface area contributed by atoms with E-state index in [1.54, 1.807) is 0 Å². The molecule has 0 atom stereocenters. The number of carbonyl (C=O) groups is 2. The van der Waals surface area contributed by atoms with E-state index in [1.807, 2.05) is 0 Å². The second-order valence-corrected chi connectivity index (χ2v) is 3.37. The van der Waals surface area contributed by atoms with Gasteiger partial charge in [-0.3, -0.25) is 4.79 Å². The minimum absolute atomic E-state index is 0.365. The first kappa shape index (κ1) is 11.1. The highest BCUT2D eigenvalue weighted by Gasteiger charge is 2.32. The minimum Gasteiger partial charge on any atom is -0.507 e. The maximum atomic E-state index is 13.4. The molecule has 88 valence electrons. The van der Waals surface area contributed by atoms with Gasteiger partial charge in [-0.1, -0.05) is 6.07 Å². The van der Waals surface area contributed by atoms with Crippen molar-refractivity contribution in [3.05, 3.63) is 40.9 Å². The van der Waals surface area contributed by atoms with Gasteiger partial charge in [0.05, 0.1) is 11.1 Å². The van der Waals surface area contributed by atoms with Crippen molar-refractivity contribution in [3.63, 3.8) is 0 Å². The molecular weight excluding hydrogens is 231 g/mol. The summed E-state index contributed by atoms with van der Waals surface area (Å²) in [4.78, 5) is 22.6. The molecule has 5 nitrogen and oxygen atoms in total. The summed E-state index contributed by atoms with van der Waals surface area (Å²) in [5.74, 6) is -4.35. The third-order valence-corrected chi connectivity index (χ3v) is 2.32. The molecule has 0 saturated carbocycles. The van der Waals surface area contributed by atoms with Crippen LogP contribution < -0.4 is 0 Å². The normalized spacial score (nSPS) is 15.0. The minimum atomic E-state index is -1.04. The van der Waals surface area contributed by atoms with Crippen molar-refractivity contribution in [1.82, 2.24) is 0 Å². The molecule has 1 aliphatic heterocycles. The van der Waals surface area contributed by atoms with Gasteiger partial charge in [0.1, 0.15) is 18.2 Å². The molecule has 0 bridgehead atoms. The van der Waals surface area contributed by atoms with Gasteiger partial charge in [0.15, 0.2) is 0 Å². The molecule has 0 unspecified atom stereocenters. The SMILES string of the molecule is O=C1OCC(C(=O)c2c(O)cccc2F)=C1O. The van der Waals surface area contributed by atoms with Gasteiger partial charge in [0, 0.05) is 0 Å². The number of halogens is 1. The molecular formula is C11H7FO5. The number of benzene rings is 1. The number of ether oxygens (including phenoxy) is 1. The molecule has 17 heavy (non-hydrogen) atoms. The Balaban J connectivity index is 2.49. The number of hydrogen-bond donors (Lipinski definition) is 2. The number of phenols is 1. The number of carbonyl (C=O) groups excluding carboxylic acids is 2. The van der Waals surface area contributed by atoms with Crippen LogP contribution in [-0.4, -0.2) is 28.6 Å². The quantitative estimate of drug-likeness (QED) is 0.595. The van der Waals surface area contributed by atoms with E-state index in [1.165, 1.54) is 6.07 Å². The summed E-state index contributed by atoms with van der Waals surface area (Å²) >= 11 is 0. The lowest BCUT2D eigenvalue weighted by atomic mass is 10.0. The first-order valence-corrected chi connectivity index (χ1v) is 4.63. The van der Waals surface area contributed by atoms with Crippen molar-refractivity contribution in [3.8, 4) is 5.75 Å². The zero-order chi connectivity index (χ0) is 12.6. The molecule has 1 heterocycles. The second-order valence-electron chi connectivity index (χ2n) is 3.37. The van der Waals surface area contributed by atoms with Crippen LogP contribution in [0.3, 0.4) is 0 Å². The molecule has 1 aliphatic rings. The molecule has 0 aromatic heterocycles. The molecule has 6 heteroatoms. The van der Waals surface area contributed by atoms with Crippen molar-refractivity contribution in [2.24, 2.45) is 0 Å². The topological polar surface area (TPSA) is 83.8 Å². The Morgan fingerprint density at radius 3 is 2.59 bits per heavy atom. The van der Waals surface area contributed by atoms with E-state index in [2.05, 4.69) is 4.74 Å². The van der Waals surface area contributed by atoms with Crippen LogP contribution in [0.1, 0.15) is 10.4 Å². The van der Waals surface area contributed by atoms with Crippen LogP contribution in [0, 0.1) is 5.82 Å².